The van der Waals surface area contributed by atoms with E-state index in [1.165, 1.54) is 0 Å². The molecule has 1 aliphatic rings. The van der Waals surface area contributed by atoms with Crippen LogP contribution in [0.15, 0.2) is 24.3 Å². The van der Waals surface area contributed by atoms with Gasteiger partial charge in [-0.15, -0.1) is 0 Å². The zero-order valence-corrected chi connectivity index (χ0v) is 13.7. The van der Waals surface area contributed by atoms with Crippen LogP contribution in [0.3, 0.4) is 0 Å². The Bertz CT molecular complexity index is 431. The summed E-state index contributed by atoms with van der Waals surface area (Å²) in [6.07, 6.45) is 3.62. The lowest BCUT2D eigenvalue weighted by molar-refractivity contribution is -0.0937. The average Bonchev–Trinajstić information content (AvgIpc) is 2.53. The molecule has 21 heavy (non-hydrogen) atoms. The van der Waals surface area contributed by atoms with Crippen LogP contribution in [0.1, 0.15) is 51.2 Å². The molecule has 0 aliphatic carbocycles. The highest BCUT2D eigenvalue weighted by molar-refractivity contribution is 6.30. The summed E-state index contributed by atoms with van der Waals surface area (Å²) in [4.78, 5) is 0. The van der Waals surface area contributed by atoms with Crippen LogP contribution in [0.5, 0.6) is 0 Å². The Morgan fingerprint density at radius 2 is 2.00 bits per heavy atom. The van der Waals surface area contributed by atoms with Crippen molar-refractivity contribution in [2.45, 2.75) is 57.3 Å². The minimum Gasteiger partial charge on any atom is -0.387 e. The minimum atomic E-state index is -0.497. The number of halogens is 1. The Kier molecular flexibility index (Phi) is 6.06. The van der Waals surface area contributed by atoms with Crippen LogP contribution in [0.2, 0.25) is 5.02 Å². The molecule has 1 aromatic rings. The number of aliphatic hydroxyl groups excluding tert-OH is 1. The molecule has 3 nitrogen and oxygen atoms in total. The fraction of sp³-hybridized carbons (Fsp3) is 0.647. The number of nitrogens with one attached hydrogen (secondary N) is 1. The van der Waals surface area contributed by atoms with Gasteiger partial charge in [0, 0.05) is 24.2 Å². The second kappa shape index (κ2) is 7.59. The molecular weight excluding hydrogens is 286 g/mol. The third kappa shape index (κ3) is 4.43. The standard InChI is InChI=1S/C17H26ClNO2/c1-3-17(4-2)11-15(9-10-21-17)19-12-16(20)13-5-7-14(18)8-6-13/h5-8,15-16,19-20H,3-4,9-12H2,1-2H3. The summed E-state index contributed by atoms with van der Waals surface area (Å²) in [5.74, 6) is 0. The fourth-order valence-electron chi connectivity index (χ4n) is 3.03. The minimum absolute atomic E-state index is 0.0150. The summed E-state index contributed by atoms with van der Waals surface area (Å²) in [6.45, 7) is 5.75. The highest BCUT2D eigenvalue weighted by Gasteiger charge is 2.34. The smallest absolute Gasteiger partial charge is 0.0914 e. The molecular formula is C17H26ClNO2. The van der Waals surface area contributed by atoms with Gasteiger partial charge in [0.25, 0.3) is 0 Å². The van der Waals surface area contributed by atoms with Gasteiger partial charge in [-0.25, -0.2) is 0 Å². The Morgan fingerprint density at radius 3 is 2.62 bits per heavy atom. The van der Waals surface area contributed by atoms with Gasteiger partial charge < -0.3 is 15.2 Å². The first kappa shape index (κ1) is 16.8. The molecule has 1 fully saturated rings. The van der Waals surface area contributed by atoms with Crippen molar-refractivity contribution in [3.05, 3.63) is 34.9 Å². The van der Waals surface area contributed by atoms with Crippen LogP contribution in [0, 0.1) is 0 Å². The third-order valence-corrected chi connectivity index (χ3v) is 4.89. The summed E-state index contributed by atoms with van der Waals surface area (Å²) in [6, 6.07) is 7.80. The molecule has 0 bridgehead atoms. The topological polar surface area (TPSA) is 41.5 Å². The van der Waals surface area contributed by atoms with Gasteiger partial charge in [-0.05, 0) is 43.4 Å². The summed E-state index contributed by atoms with van der Waals surface area (Å²) in [5.41, 5.74) is 0.914. The van der Waals surface area contributed by atoms with E-state index in [9.17, 15) is 5.11 Å². The van der Waals surface area contributed by atoms with E-state index >= 15 is 0 Å². The predicted octanol–water partition coefficient (Wildman–Crippen LogP) is 3.70. The first-order valence-electron chi connectivity index (χ1n) is 7.89. The van der Waals surface area contributed by atoms with E-state index < -0.39 is 6.10 Å². The van der Waals surface area contributed by atoms with Gasteiger partial charge in [0.2, 0.25) is 0 Å². The first-order valence-corrected chi connectivity index (χ1v) is 8.27. The summed E-state index contributed by atoms with van der Waals surface area (Å²) < 4.78 is 5.98. The Balaban J connectivity index is 1.86. The van der Waals surface area contributed by atoms with Crippen LogP contribution < -0.4 is 5.32 Å². The molecule has 1 heterocycles. The largest absolute Gasteiger partial charge is 0.387 e. The fourth-order valence-corrected chi connectivity index (χ4v) is 3.15. The molecule has 118 valence electrons. The maximum atomic E-state index is 10.2. The second-order valence-corrected chi connectivity index (χ2v) is 6.34. The molecule has 1 aliphatic heterocycles. The summed E-state index contributed by atoms with van der Waals surface area (Å²) >= 11 is 5.87. The molecule has 0 radical (unpaired) electrons. The van der Waals surface area contributed by atoms with Gasteiger partial charge in [-0.2, -0.15) is 0 Å². The first-order chi connectivity index (χ1) is 10.1. The zero-order chi connectivity index (χ0) is 15.3. The van der Waals surface area contributed by atoms with Crippen molar-refractivity contribution in [2.75, 3.05) is 13.2 Å². The van der Waals surface area contributed by atoms with Gasteiger partial charge in [0.1, 0.15) is 0 Å². The maximum absolute atomic E-state index is 10.2. The quantitative estimate of drug-likeness (QED) is 0.841. The van der Waals surface area contributed by atoms with Crippen molar-refractivity contribution in [3.63, 3.8) is 0 Å². The lowest BCUT2D eigenvalue weighted by Crippen LogP contribution is -2.47. The molecule has 1 saturated heterocycles. The van der Waals surface area contributed by atoms with E-state index in [4.69, 9.17) is 16.3 Å². The van der Waals surface area contributed by atoms with Gasteiger partial charge in [-0.1, -0.05) is 37.6 Å². The number of ether oxygens (including phenoxy) is 1. The molecule has 2 rings (SSSR count). The zero-order valence-electron chi connectivity index (χ0n) is 12.9. The van der Waals surface area contributed by atoms with E-state index in [0.29, 0.717) is 17.6 Å². The van der Waals surface area contributed by atoms with E-state index in [-0.39, 0.29) is 5.60 Å². The molecule has 2 N–H and O–H groups in total. The van der Waals surface area contributed by atoms with Gasteiger partial charge in [0.05, 0.1) is 11.7 Å². The number of benzene rings is 1. The monoisotopic (exact) mass is 311 g/mol. The Labute approximate surface area is 132 Å². The normalized spacial score (nSPS) is 23.0. The summed E-state index contributed by atoms with van der Waals surface area (Å²) in [7, 11) is 0. The molecule has 0 aromatic heterocycles. The average molecular weight is 312 g/mol. The van der Waals surface area contributed by atoms with E-state index in [2.05, 4.69) is 19.2 Å². The van der Waals surface area contributed by atoms with Crippen LogP contribution in [0.25, 0.3) is 0 Å². The number of hydrogen-bond acceptors (Lipinski definition) is 3. The lowest BCUT2D eigenvalue weighted by atomic mass is 9.86. The molecule has 0 saturated carbocycles. The Hall–Kier alpha value is -0.610. The number of rotatable bonds is 6. The summed E-state index contributed by atoms with van der Waals surface area (Å²) in [5, 5.41) is 14.4. The van der Waals surface area contributed by atoms with Crippen LogP contribution in [-0.2, 0) is 4.74 Å². The van der Waals surface area contributed by atoms with Gasteiger partial charge >= 0.3 is 0 Å². The lowest BCUT2D eigenvalue weighted by Gasteiger charge is -2.40. The number of hydrogen-bond donors (Lipinski definition) is 2. The second-order valence-electron chi connectivity index (χ2n) is 5.90. The third-order valence-electron chi connectivity index (χ3n) is 4.64. The maximum Gasteiger partial charge on any atom is 0.0914 e. The molecule has 0 amide bonds. The van der Waals surface area contributed by atoms with Gasteiger partial charge in [-0.3, -0.25) is 0 Å². The van der Waals surface area contributed by atoms with Crippen molar-refractivity contribution in [3.8, 4) is 0 Å². The molecule has 2 unspecified atom stereocenters. The van der Waals surface area contributed by atoms with Crippen molar-refractivity contribution in [1.29, 1.82) is 0 Å². The molecule has 4 heteroatoms. The van der Waals surface area contributed by atoms with Crippen molar-refractivity contribution in [1.82, 2.24) is 5.32 Å². The highest BCUT2D eigenvalue weighted by Crippen LogP contribution is 2.31. The van der Waals surface area contributed by atoms with Crippen molar-refractivity contribution in [2.24, 2.45) is 0 Å². The molecule has 1 aromatic carbocycles. The van der Waals surface area contributed by atoms with E-state index in [1.807, 2.05) is 24.3 Å². The van der Waals surface area contributed by atoms with Crippen LogP contribution in [0.4, 0.5) is 0 Å². The van der Waals surface area contributed by atoms with Crippen molar-refractivity contribution < 1.29 is 9.84 Å². The highest BCUT2D eigenvalue weighted by atomic mass is 35.5. The van der Waals surface area contributed by atoms with Crippen LogP contribution in [-0.4, -0.2) is 29.9 Å². The van der Waals surface area contributed by atoms with Gasteiger partial charge in [0.15, 0.2) is 0 Å². The van der Waals surface area contributed by atoms with E-state index in [1.54, 1.807) is 0 Å². The SMILES string of the molecule is CCC1(CC)CC(NCC(O)c2ccc(Cl)cc2)CCO1. The predicted molar refractivity (Wildman–Crippen MR) is 86.7 cm³/mol. The van der Waals surface area contributed by atoms with Crippen LogP contribution >= 0.6 is 11.6 Å². The Morgan fingerprint density at radius 1 is 1.33 bits per heavy atom. The molecule has 2 atom stereocenters. The number of aliphatic hydroxyl groups is 1. The van der Waals surface area contributed by atoms with E-state index in [0.717, 1.165) is 37.9 Å². The molecule has 0 spiro atoms. The van der Waals surface area contributed by atoms with Crippen molar-refractivity contribution >= 4 is 11.6 Å².